The molecule has 4 N–H and O–H groups in total. The van der Waals surface area contributed by atoms with Crippen LogP contribution < -0.4 is 11.5 Å². The van der Waals surface area contributed by atoms with Crippen LogP contribution >= 0.6 is 0 Å². The molecule has 114 valence electrons. The standard InChI is InChI=1S/C18H26N2O/c1-12(2)14(4)7-5-13(3)6-8-15-11-16(18(20)21)9-10-17(15)19/h6,9-11H,5,7-8,19H2,1-4H3,(H2,20,21)/b13-6+. The maximum atomic E-state index is 11.2. The molecule has 0 aliphatic rings. The third-order valence-electron chi connectivity index (χ3n) is 3.85. The first-order valence-electron chi connectivity index (χ1n) is 7.28. The summed E-state index contributed by atoms with van der Waals surface area (Å²) in [5.74, 6) is -0.420. The summed E-state index contributed by atoms with van der Waals surface area (Å²) < 4.78 is 0. The maximum Gasteiger partial charge on any atom is 0.248 e. The van der Waals surface area contributed by atoms with Gasteiger partial charge in [0, 0.05) is 11.3 Å². The Labute approximate surface area is 127 Å². The average Bonchev–Trinajstić information content (AvgIpc) is 2.43. The molecule has 3 nitrogen and oxygen atoms in total. The third kappa shape index (κ3) is 5.46. The molecule has 1 aromatic carbocycles. The predicted molar refractivity (Wildman–Crippen MR) is 90.1 cm³/mol. The Morgan fingerprint density at radius 2 is 1.81 bits per heavy atom. The number of hydrogen-bond acceptors (Lipinski definition) is 2. The van der Waals surface area contributed by atoms with Gasteiger partial charge in [-0.25, -0.2) is 0 Å². The fourth-order valence-corrected chi connectivity index (χ4v) is 1.96. The fraction of sp³-hybridized carbons (Fsp3) is 0.389. The highest BCUT2D eigenvalue weighted by molar-refractivity contribution is 5.93. The van der Waals surface area contributed by atoms with Gasteiger partial charge in [-0.3, -0.25) is 4.79 Å². The van der Waals surface area contributed by atoms with Gasteiger partial charge in [0.25, 0.3) is 0 Å². The second-order valence-corrected chi connectivity index (χ2v) is 5.81. The Morgan fingerprint density at radius 3 is 2.38 bits per heavy atom. The van der Waals surface area contributed by atoms with Gasteiger partial charge >= 0.3 is 0 Å². The van der Waals surface area contributed by atoms with Crippen LogP contribution in [0.3, 0.4) is 0 Å². The molecule has 1 rings (SSSR count). The Kier molecular flexibility index (Phi) is 6.22. The van der Waals surface area contributed by atoms with Gasteiger partial charge in [0.2, 0.25) is 5.91 Å². The quantitative estimate of drug-likeness (QED) is 0.613. The third-order valence-corrected chi connectivity index (χ3v) is 3.85. The van der Waals surface area contributed by atoms with Crippen molar-refractivity contribution in [3.05, 3.63) is 52.1 Å². The smallest absolute Gasteiger partial charge is 0.248 e. The Morgan fingerprint density at radius 1 is 1.14 bits per heavy atom. The van der Waals surface area contributed by atoms with Crippen molar-refractivity contribution in [1.82, 2.24) is 0 Å². The number of carbonyl (C=O) groups is 1. The lowest BCUT2D eigenvalue weighted by molar-refractivity contribution is 0.1000. The van der Waals surface area contributed by atoms with Crippen LogP contribution in [-0.4, -0.2) is 5.91 Å². The molecule has 1 aromatic rings. The molecule has 0 fully saturated rings. The van der Waals surface area contributed by atoms with Crippen molar-refractivity contribution in [3.8, 4) is 0 Å². The molecule has 0 aromatic heterocycles. The number of nitrogen functional groups attached to an aromatic ring is 1. The van der Waals surface area contributed by atoms with E-state index in [9.17, 15) is 4.79 Å². The van der Waals surface area contributed by atoms with Gasteiger partial charge in [0.1, 0.15) is 0 Å². The van der Waals surface area contributed by atoms with Crippen LogP contribution in [0.25, 0.3) is 0 Å². The second kappa shape index (κ2) is 7.67. The van der Waals surface area contributed by atoms with E-state index in [4.69, 9.17) is 11.5 Å². The summed E-state index contributed by atoms with van der Waals surface area (Å²) in [6, 6.07) is 5.19. The van der Waals surface area contributed by atoms with E-state index in [1.54, 1.807) is 18.2 Å². The number of hydrogen-bond donors (Lipinski definition) is 2. The molecule has 0 bridgehead atoms. The minimum absolute atomic E-state index is 0.420. The lowest BCUT2D eigenvalue weighted by atomic mass is 10.0. The van der Waals surface area contributed by atoms with Crippen LogP contribution in [-0.2, 0) is 6.42 Å². The summed E-state index contributed by atoms with van der Waals surface area (Å²) in [7, 11) is 0. The Bertz CT molecular complexity index is 579. The van der Waals surface area contributed by atoms with Gasteiger partial charge in [0.15, 0.2) is 0 Å². The second-order valence-electron chi connectivity index (χ2n) is 5.81. The van der Waals surface area contributed by atoms with Crippen molar-refractivity contribution in [2.45, 2.75) is 47.0 Å². The highest BCUT2D eigenvalue weighted by Crippen LogP contribution is 2.18. The number of primary amides is 1. The number of nitrogens with two attached hydrogens (primary N) is 2. The zero-order chi connectivity index (χ0) is 16.0. The molecule has 0 unspecified atom stereocenters. The molecular formula is C18H26N2O. The van der Waals surface area contributed by atoms with Crippen molar-refractivity contribution in [2.24, 2.45) is 5.73 Å². The van der Waals surface area contributed by atoms with E-state index in [0.29, 0.717) is 11.3 Å². The topological polar surface area (TPSA) is 69.1 Å². The summed E-state index contributed by atoms with van der Waals surface area (Å²) in [6.45, 7) is 8.60. The van der Waals surface area contributed by atoms with E-state index < -0.39 is 5.91 Å². The van der Waals surface area contributed by atoms with Crippen LogP contribution in [0, 0.1) is 0 Å². The molecule has 0 radical (unpaired) electrons. The molecule has 0 spiro atoms. The molecule has 0 atom stereocenters. The molecule has 0 heterocycles. The SMILES string of the molecule is CC(C)=C(C)CC/C(C)=C/Cc1cc(C(N)=O)ccc1N. The Balaban J connectivity index is 2.73. The van der Waals surface area contributed by atoms with E-state index in [-0.39, 0.29) is 0 Å². The van der Waals surface area contributed by atoms with Crippen LogP contribution in [0.15, 0.2) is 41.0 Å². The van der Waals surface area contributed by atoms with Crippen molar-refractivity contribution in [1.29, 1.82) is 0 Å². The minimum Gasteiger partial charge on any atom is -0.398 e. The minimum atomic E-state index is -0.420. The van der Waals surface area contributed by atoms with Gasteiger partial charge < -0.3 is 11.5 Å². The lowest BCUT2D eigenvalue weighted by Gasteiger charge is -2.07. The number of amides is 1. The van der Waals surface area contributed by atoms with Gasteiger partial charge in [-0.05, 0) is 70.7 Å². The van der Waals surface area contributed by atoms with Gasteiger partial charge in [-0.2, -0.15) is 0 Å². The van der Waals surface area contributed by atoms with Crippen molar-refractivity contribution >= 4 is 11.6 Å². The monoisotopic (exact) mass is 286 g/mol. The van der Waals surface area contributed by atoms with Crippen molar-refractivity contribution < 1.29 is 4.79 Å². The van der Waals surface area contributed by atoms with Crippen molar-refractivity contribution in [2.75, 3.05) is 5.73 Å². The van der Waals surface area contributed by atoms with Crippen molar-refractivity contribution in [3.63, 3.8) is 0 Å². The molecule has 0 saturated heterocycles. The van der Waals surface area contributed by atoms with E-state index in [1.165, 1.54) is 16.7 Å². The molecular weight excluding hydrogens is 260 g/mol. The summed E-state index contributed by atoms with van der Waals surface area (Å²) in [6.07, 6.45) is 5.04. The van der Waals surface area contributed by atoms with Gasteiger partial charge in [-0.1, -0.05) is 22.8 Å². The van der Waals surface area contributed by atoms with Crippen LogP contribution in [0.4, 0.5) is 5.69 Å². The fourth-order valence-electron chi connectivity index (χ4n) is 1.96. The summed E-state index contributed by atoms with van der Waals surface area (Å²) in [4.78, 5) is 11.2. The van der Waals surface area contributed by atoms with E-state index >= 15 is 0 Å². The first-order chi connectivity index (χ1) is 9.81. The number of benzene rings is 1. The van der Waals surface area contributed by atoms with E-state index in [1.807, 2.05) is 0 Å². The zero-order valence-corrected chi connectivity index (χ0v) is 13.5. The number of allylic oxidation sites excluding steroid dienone is 4. The lowest BCUT2D eigenvalue weighted by Crippen LogP contribution is -2.11. The average molecular weight is 286 g/mol. The number of anilines is 1. The normalized spacial score (nSPS) is 11.3. The predicted octanol–water partition coefficient (Wildman–Crippen LogP) is 3.99. The number of rotatable bonds is 6. The zero-order valence-electron chi connectivity index (χ0n) is 13.5. The van der Waals surface area contributed by atoms with Crippen LogP contribution in [0.1, 0.15) is 56.5 Å². The highest BCUT2D eigenvalue weighted by Gasteiger charge is 2.04. The van der Waals surface area contributed by atoms with E-state index in [0.717, 1.165) is 24.8 Å². The largest absolute Gasteiger partial charge is 0.398 e. The first-order valence-corrected chi connectivity index (χ1v) is 7.28. The summed E-state index contributed by atoms with van der Waals surface area (Å²) in [5, 5.41) is 0. The molecule has 0 aliphatic carbocycles. The molecule has 21 heavy (non-hydrogen) atoms. The molecule has 0 saturated carbocycles. The highest BCUT2D eigenvalue weighted by atomic mass is 16.1. The maximum absolute atomic E-state index is 11.2. The van der Waals surface area contributed by atoms with Gasteiger partial charge in [-0.15, -0.1) is 0 Å². The molecule has 3 heteroatoms. The summed E-state index contributed by atoms with van der Waals surface area (Å²) in [5.41, 5.74) is 17.6. The first kappa shape index (κ1) is 17.0. The summed E-state index contributed by atoms with van der Waals surface area (Å²) >= 11 is 0. The van der Waals surface area contributed by atoms with E-state index in [2.05, 4.69) is 33.8 Å². The number of carbonyl (C=O) groups excluding carboxylic acids is 1. The van der Waals surface area contributed by atoms with Crippen LogP contribution in [0.5, 0.6) is 0 Å². The Hall–Kier alpha value is -2.03. The molecule has 1 amide bonds. The van der Waals surface area contributed by atoms with Gasteiger partial charge in [0.05, 0.1) is 0 Å². The molecule has 0 aliphatic heterocycles. The van der Waals surface area contributed by atoms with Crippen LogP contribution in [0.2, 0.25) is 0 Å².